The SMILES string of the molecule is COc1ncc(F)cc1C1NCC2C1C2(C)C. The minimum absolute atomic E-state index is 0.174. The molecule has 3 unspecified atom stereocenters. The molecule has 1 aromatic heterocycles. The highest BCUT2D eigenvalue weighted by molar-refractivity contribution is 5.35. The van der Waals surface area contributed by atoms with Crippen LogP contribution in [0.15, 0.2) is 12.3 Å². The molecule has 0 bridgehead atoms. The van der Waals surface area contributed by atoms with E-state index < -0.39 is 0 Å². The smallest absolute Gasteiger partial charge is 0.218 e. The fourth-order valence-corrected chi connectivity index (χ4v) is 3.36. The maximum Gasteiger partial charge on any atom is 0.218 e. The zero-order chi connectivity index (χ0) is 12.2. The first-order chi connectivity index (χ1) is 8.05. The third-order valence-electron chi connectivity index (χ3n) is 4.43. The number of nitrogens with one attached hydrogen (secondary N) is 1. The lowest BCUT2D eigenvalue weighted by molar-refractivity contribution is 0.363. The predicted octanol–water partition coefficient (Wildman–Crippen LogP) is 2.15. The van der Waals surface area contributed by atoms with Crippen LogP contribution in [0.2, 0.25) is 0 Å². The summed E-state index contributed by atoms with van der Waals surface area (Å²) in [6.45, 7) is 5.55. The molecule has 3 atom stereocenters. The summed E-state index contributed by atoms with van der Waals surface area (Å²) in [5.74, 6) is 1.50. The van der Waals surface area contributed by atoms with Crippen LogP contribution in [0.4, 0.5) is 4.39 Å². The molecular weight excluding hydrogens is 219 g/mol. The Kier molecular flexibility index (Phi) is 2.20. The monoisotopic (exact) mass is 236 g/mol. The Morgan fingerprint density at radius 3 is 2.88 bits per heavy atom. The highest BCUT2D eigenvalue weighted by Gasteiger charge is 2.64. The molecule has 2 heterocycles. The predicted molar refractivity (Wildman–Crippen MR) is 62.3 cm³/mol. The van der Waals surface area contributed by atoms with Gasteiger partial charge in [-0.25, -0.2) is 9.37 Å². The topological polar surface area (TPSA) is 34.1 Å². The lowest BCUT2D eigenvalue weighted by Gasteiger charge is -2.20. The normalized spacial score (nSPS) is 33.3. The quantitative estimate of drug-likeness (QED) is 0.854. The van der Waals surface area contributed by atoms with Crippen molar-refractivity contribution in [2.45, 2.75) is 19.9 Å². The van der Waals surface area contributed by atoms with E-state index in [1.165, 1.54) is 6.20 Å². The summed E-state index contributed by atoms with van der Waals surface area (Å²) in [5.41, 5.74) is 1.21. The molecule has 0 spiro atoms. The summed E-state index contributed by atoms with van der Waals surface area (Å²) in [5, 5.41) is 3.44. The third kappa shape index (κ3) is 1.47. The van der Waals surface area contributed by atoms with E-state index >= 15 is 0 Å². The highest BCUT2D eigenvalue weighted by atomic mass is 19.1. The number of piperidine rings is 1. The van der Waals surface area contributed by atoms with Crippen molar-refractivity contribution >= 4 is 0 Å². The van der Waals surface area contributed by atoms with Crippen LogP contribution in [0.5, 0.6) is 5.88 Å². The first-order valence-corrected chi connectivity index (χ1v) is 5.98. The molecule has 1 N–H and O–H groups in total. The molecule has 2 fully saturated rings. The first-order valence-electron chi connectivity index (χ1n) is 5.98. The van der Waals surface area contributed by atoms with Crippen molar-refractivity contribution in [3.63, 3.8) is 0 Å². The van der Waals surface area contributed by atoms with Gasteiger partial charge < -0.3 is 10.1 Å². The van der Waals surface area contributed by atoms with E-state index in [0.29, 0.717) is 23.1 Å². The second kappa shape index (κ2) is 3.42. The van der Waals surface area contributed by atoms with Crippen LogP contribution in [0.3, 0.4) is 0 Å². The van der Waals surface area contributed by atoms with E-state index in [1.807, 2.05) is 0 Å². The van der Waals surface area contributed by atoms with Crippen molar-refractivity contribution in [1.82, 2.24) is 10.3 Å². The number of pyridine rings is 1. The van der Waals surface area contributed by atoms with Gasteiger partial charge in [0.25, 0.3) is 0 Å². The van der Waals surface area contributed by atoms with Gasteiger partial charge in [0.15, 0.2) is 0 Å². The van der Waals surface area contributed by atoms with Crippen molar-refractivity contribution in [1.29, 1.82) is 0 Å². The minimum atomic E-state index is -0.301. The number of methoxy groups -OCH3 is 1. The van der Waals surface area contributed by atoms with E-state index in [0.717, 1.165) is 12.1 Å². The first kappa shape index (κ1) is 11.0. The number of halogens is 1. The number of aromatic nitrogens is 1. The molecule has 3 nitrogen and oxygen atoms in total. The van der Waals surface area contributed by atoms with Gasteiger partial charge in [0, 0.05) is 11.6 Å². The minimum Gasteiger partial charge on any atom is -0.481 e. The fourth-order valence-electron chi connectivity index (χ4n) is 3.36. The maximum atomic E-state index is 13.3. The van der Waals surface area contributed by atoms with Crippen LogP contribution in [0.25, 0.3) is 0 Å². The maximum absolute atomic E-state index is 13.3. The van der Waals surface area contributed by atoms with Gasteiger partial charge in [0.05, 0.1) is 13.3 Å². The summed E-state index contributed by atoms with van der Waals surface area (Å²) in [4.78, 5) is 4.00. The molecule has 0 radical (unpaired) electrons. The zero-order valence-corrected chi connectivity index (χ0v) is 10.3. The van der Waals surface area contributed by atoms with Gasteiger partial charge in [-0.2, -0.15) is 0 Å². The Labute approximate surface area is 100 Å². The van der Waals surface area contributed by atoms with Crippen molar-refractivity contribution in [2.24, 2.45) is 17.3 Å². The van der Waals surface area contributed by atoms with Gasteiger partial charge >= 0.3 is 0 Å². The Hall–Kier alpha value is -1.16. The Bertz CT molecular complexity index is 461. The van der Waals surface area contributed by atoms with Gasteiger partial charge in [-0.05, 0) is 29.9 Å². The second-order valence-electron chi connectivity index (χ2n) is 5.59. The summed E-state index contributed by atoms with van der Waals surface area (Å²) in [7, 11) is 1.58. The average molecular weight is 236 g/mol. The van der Waals surface area contributed by atoms with Crippen LogP contribution < -0.4 is 10.1 Å². The molecule has 17 heavy (non-hydrogen) atoms. The average Bonchev–Trinajstić information content (AvgIpc) is 2.68. The van der Waals surface area contributed by atoms with Gasteiger partial charge in [-0.1, -0.05) is 13.8 Å². The van der Waals surface area contributed by atoms with Gasteiger partial charge in [-0.3, -0.25) is 0 Å². The molecule has 1 saturated heterocycles. The standard InChI is InChI=1S/C13H17FN2O/c1-13(2)9-6-15-11(10(9)13)8-4-7(14)5-16-12(8)17-3/h4-5,9-11,15H,6H2,1-3H3. The molecule has 1 aliphatic carbocycles. The molecule has 1 aromatic rings. The van der Waals surface area contributed by atoms with Crippen molar-refractivity contribution in [3.05, 3.63) is 23.6 Å². The lowest BCUT2D eigenvalue weighted by Crippen LogP contribution is -2.24. The number of nitrogens with zero attached hydrogens (tertiary/aromatic N) is 1. The Balaban J connectivity index is 1.97. The fraction of sp³-hybridized carbons (Fsp3) is 0.615. The number of ether oxygens (including phenoxy) is 1. The van der Waals surface area contributed by atoms with E-state index in [-0.39, 0.29) is 11.9 Å². The molecular formula is C13H17FN2O. The molecule has 2 aliphatic rings. The second-order valence-corrected chi connectivity index (χ2v) is 5.59. The number of rotatable bonds is 2. The molecule has 1 aliphatic heterocycles. The lowest BCUT2D eigenvalue weighted by atomic mass is 9.97. The van der Waals surface area contributed by atoms with Gasteiger partial charge in [0.2, 0.25) is 5.88 Å². The van der Waals surface area contributed by atoms with Crippen LogP contribution in [0.1, 0.15) is 25.5 Å². The van der Waals surface area contributed by atoms with Crippen LogP contribution in [-0.4, -0.2) is 18.6 Å². The zero-order valence-electron chi connectivity index (χ0n) is 10.3. The van der Waals surface area contributed by atoms with E-state index in [2.05, 4.69) is 24.1 Å². The van der Waals surface area contributed by atoms with Crippen molar-refractivity contribution < 1.29 is 9.13 Å². The number of fused-ring (bicyclic) bond motifs is 1. The molecule has 3 rings (SSSR count). The molecule has 4 heteroatoms. The number of hydrogen-bond donors (Lipinski definition) is 1. The van der Waals surface area contributed by atoms with Gasteiger partial charge in [-0.15, -0.1) is 0 Å². The summed E-state index contributed by atoms with van der Waals surface area (Å²) in [6, 6.07) is 1.72. The molecule has 0 aromatic carbocycles. The summed E-state index contributed by atoms with van der Waals surface area (Å²) >= 11 is 0. The number of hydrogen-bond acceptors (Lipinski definition) is 3. The van der Waals surface area contributed by atoms with Crippen LogP contribution in [-0.2, 0) is 0 Å². The largest absolute Gasteiger partial charge is 0.481 e. The summed E-state index contributed by atoms with van der Waals surface area (Å²) < 4.78 is 18.6. The Morgan fingerprint density at radius 1 is 1.53 bits per heavy atom. The van der Waals surface area contributed by atoms with E-state index in [1.54, 1.807) is 13.2 Å². The van der Waals surface area contributed by atoms with Crippen LogP contribution in [0, 0.1) is 23.1 Å². The molecule has 0 amide bonds. The van der Waals surface area contributed by atoms with E-state index in [9.17, 15) is 4.39 Å². The van der Waals surface area contributed by atoms with Crippen molar-refractivity contribution in [2.75, 3.05) is 13.7 Å². The summed E-state index contributed by atoms with van der Waals surface area (Å²) in [6.07, 6.45) is 1.20. The van der Waals surface area contributed by atoms with Crippen LogP contribution >= 0.6 is 0 Å². The highest BCUT2D eigenvalue weighted by Crippen LogP contribution is 2.66. The van der Waals surface area contributed by atoms with E-state index in [4.69, 9.17) is 4.74 Å². The van der Waals surface area contributed by atoms with Gasteiger partial charge in [0.1, 0.15) is 5.82 Å². The third-order valence-corrected chi connectivity index (χ3v) is 4.43. The molecule has 92 valence electrons. The molecule has 1 saturated carbocycles. The van der Waals surface area contributed by atoms with Crippen molar-refractivity contribution in [3.8, 4) is 5.88 Å². The Morgan fingerprint density at radius 2 is 2.29 bits per heavy atom.